The molecule has 0 aliphatic heterocycles. The second-order valence-electron chi connectivity index (χ2n) is 14.7. The molecule has 0 N–H and O–H groups in total. The summed E-state index contributed by atoms with van der Waals surface area (Å²) in [5.74, 6) is 0. The van der Waals surface area contributed by atoms with E-state index in [1.165, 1.54) is 54.6 Å². The topological polar surface area (TPSA) is 26.3 Å². The molecule has 2 nitrogen and oxygen atoms in total. The molecule has 0 spiro atoms. The third kappa shape index (κ3) is 4.63. The quantitative estimate of drug-likeness (QED) is 0.170. The predicted molar refractivity (Wildman–Crippen MR) is 235 cm³/mol. The second kappa shape index (κ2) is 12.0. The van der Waals surface area contributed by atoms with Crippen molar-refractivity contribution in [2.75, 3.05) is 0 Å². The summed E-state index contributed by atoms with van der Waals surface area (Å²) in [6.45, 7) is 0. The molecule has 56 heavy (non-hydrogen) atoms. The number of fused-ring (bicyclic) bond motifs is 9. The van der Waals surface area contributed by atoms with Gasteiger partial charge in [0.15, 0.2) is 0 Å². The fourth-order valence-corrected chi connectivity index (χ4v) is 9.13. The molecule has 2 heteroatoms. The molecule has 260 valence electrons. The predicted octanol–water partition coefficient (Wildman–Crippen LogP) is 15.6. The van der Waals surface area contributed by atoms with Gasteiger partial charge in [0.05, 0.1) is 0 Å². The minimum absolute atomic E-state index is 0.891. The zero-order valence-corrected chi connectivity index (χ0v) is 30.3. The fraction of sp³-hybridized carbons (Fsp3) is 0. The first-order chi connectivity index (χ1) is 27.8. The summed E-state index contributed by atoms with van der Waals surface area (Å²) in [7, 11) is 0. The Kier molecular flexibility index (Phi) is 6.66. The van der Waals surface area contributed by atoms with Crippen LogP contribution in [0.1, 0.15) is 0 Å². The van der Waals surface area contributed by atoms with Crippen molar-refractivity contribution in [3.8, 4) is 44.5 Å². The van der Waals surface area contributed by atoms with E-state index in [9.17, 15) is 0 Å². The van der Waals surface area contributed by atoms with Gasteiger partial charge in [-0.3, -0.25) is 0 Å². The second-order valence-corrected chi connectivity index (χ2v) is 14.7. The van der Waals surface area contributed by atoms with Crippen LogP contribution < -0.4 is 0 Å². The third-order valence-corrected chi connectivity index (χ3v) is 11.7. The van der Waals surface area contributed by atoms with E-state index in [1.54, 1.807) is 0 Å². The number of para-hydroxylation sites is 2. The van der Waals surface area contributed by atoms with Crippen molar-refractivity contribution in [1.82, 2.24) is 0 Å². The molecular weight excluding hydrogens is 681 g/mol. The number of benzene rings is 10. The Bertz CT molecular complexity index is 3360. The van der Waals surface area contributed by atoms with Crippen LogP contribution in [0.2, 0.25) is 0 Å². The first-order valence-electron chi connectivity index (χ1n) is 19.2. The summed E-state index contributed by atoms with van der Waals surface area (Å²) in [6, 6.07) is 70.0. The van der Waals surface area contributed by atoms with Gasteiger partial charge in [0.1, 0.15) is 22.3 Å². The average molecular weight is 713 g/mol. The van der Waals surface area contributed by atoms with Crippen LogP contribution in [-0.4, -0.2) is 0 Å². The van der Waals surface area contributed by atoms with Gasteiger partial charge in [0.2, 0.25) is 0 Å². The third-order valence-electron chi connectivity index (χ3n) is 11.7. The lowest BCUT2D eigenvalue weighted by Crippen LogP contribution is -1.94. The van der Waals surface area contributed by atoms with Crippen LogP contribution in [0.25, 0.3) is 121 Å². The maximum Gasteiger partial charge on any atom is 0.136 e. The van der Waals surface area contributed by atoms with Gasteiger partial charge in [-0.25, -0.2) is 0 Å². The summed E-state index contributed by atoms with van der Waals surface area (Å²) in [4.78, 5) is 0. The monoisotopic (exact) mass is 712 g/mol. The zero-order chi connectivity index (χ0) is 36.7. The van der Waals surface area contributed by atoms with E-state index < -0.39 is 0 Å². The van der Waals surface area contributed by atoms with Crippen LogP contribution in [-0.2, 0) is 0 Å². The van der Waals surface area contributed by atoms with E-state index >= 15 is 0 Å². The molecule has 0 atom stereocenters. The van der Waals surface area contributed by atoms with Gasteiger partial charge in [0, 0.05) is 21.5 Å². The summed E-state index contributed by atoms with van der Waals surface area (Å²) in [5.41, 5.74) is 13.0. The molecule has 12 aromatic rings. The van der Waals surface area contributed by atoms with E-state index in [-0.39, 0.29) is 0 Å². The van der Waals surface area contributed by atoms with Gasteiger partial charge >= 0.3 is 0 Å². The van der Waals surface area contributed by atoms with Crippen molar-refractivity contribution >= 4 is 76.2 Å². The highest BCUT2D eigenvalue weighted by Crippen LogP contribution is 2.48. The van der Waals surface area contributed by atoms with E-state index in [1.807, 2.05) is 24.3 Å². The molecule has 0 aliphatic rings. The Morgan fingerprint density at radius 3 is 1.34 bits per heavy atom. The Morgan fingerprint density at radius 2 is 0.732 bits per heavy atom. The van der Waals surface area contributed by atoms with E-state index in [4.69, 9.17) is 8.83 Å². The smallest absolute Gasteiger partial charge is 0.136 e. The molecule has 12 rings (SSSR count). The number of rotatable bonds is 4. The standard InChI is InChI=1S/C54H32O2/c1-2-12-33(13-3-1)40-27-24-34-14-4-5-15-39(34)53(40)54-45-20-10-18-37(35-25-28-43-41-16-6-8-22-49(41)55-51(43)30-35)47(45)32-48-38(19-11-21-46(48)54)36-26-29-44-42-17-7-9-23-50(42)56-52(44)31-36/h1-32H. The highest BCUT2D eigenvalue weighted by molar-refractivity contribution is 6.24. The zero-order valence-electron chi connectivity index (χ0n) is 30.3. The molecule has 2 aromatic heterocycles. The van der Waals surface area contributed by atoms with Crippen molar-refractivity contribution < 1.29 is 8.83 Å². The minimum Gasteiger partial charge on any atom is -0.456 e. The molecule has 2 heterocycles. The Hall–Kier alpha value is -7.42. The molecule has 0 radical (unpaired) electrons. The van der Waals surface area contributed by atoms with Gasteiger partial charge in [-0.2, -0.15) is 0 Å². The summed E-state index contributed by atoms with van der Waals surface area (Å²) >= 11 is 0. The molecule has 0 saturated carbocycles. The first-order valence-corrected chi connectivity index (χ1v) is 19.2. The normalized spacial score (nSPS) is 11.9. The lowest BCUT2D eigenvalue weighted by molar-refractivity contribution is 0.668. The van der Waals surface area contributed by atoms with Gasteiger partial charge in [-0.1, -0.05) is 152 Å². The molecule has 0 unspecified atom stereocenters. The molecule has 10 aromatic carbocycles. The highest BCUT2D eigenvalue weighted by atomic mass is 16.3. The van der Waals surface area contributed by atoms with E-state index in [0.717, 1.165) is 66.1 Å². The van der Waals surface area contributed by atoms with Crippen molar-refractivity contribution in [1.29, 1.82) is 0 Å². The molecule has 0 amide bonds. The number of hydrogen-bond donors (Lipinski definition) is 0. The maximum atomic E-state index is 6.43. The molecule has 0 fully saturated rings. The largest absolute Gasteiger partial charge is 0.456 e. The Labute approximate surface area is 322 Å². The molecule has 0 saturated heterocycles. The fourth-order valence-electron chi connectivity index (χ4n) is 9.13. The Balaban J connectivity index is 1.21. The van der Waals surface area contributed by atoms with Gasteiger partial charge in [0.25, 0.3) is 0 Å². The highest BCUT2D eigenvalue weighted by Gasteiger charge is 2.21. The van der Waals surface area contributed by atoms with Crippen LogP contribution in [0.3, 0.4) is 0 Å². The molecule has 0 bridgehead atoms. The average Bonchev–Trinajstić information content (AvgIpc) is 3.83. The van der Waals surface area contributed by atoms with Gasteiger partial charge in [-0.15, -0.1) is 0 Å². The van der Waals surface area contributed by atoms with Crippen LogP contribution in [0.4, 0.5) is 0 Å². The van der Waals surface area contributed by atoms with Crippen LogP contribution in [0.5, 0.6) is 0 Å². The number of furan rings is 2. The summed E-state index contributed by atoms with van der Waals surface area (Å²) in [5, 5.41) is 11.8. The van der Waals surface area contributed by atoms with Gasteiger partial charge < -0.3 is 8.83 Å². The lowest BCUT2D eigenvalue weighted by atomic mass is 9.82. The number of hydrogen-bond acceptors (Lipinski definition) is 2. The van der Waals surface area contributed by atoms with Crippen LogP contribution in [0.15, 0.2) is 203 Å². The molecule has 0 aliphatic carbocycles. The summed E-state index contributed by atoms with van der Waals surface area (Å²) in [6.07, 6.45) is 0. The maximum absolute atomic E-state index is 6.43. The van der Waals surface area contributed by atoms with Crippen molar-refractivity contribution in [2.45, 2.75) is 0 Å². The van der Waals surface area contributed by atoms with E-state index in [0.29, 0.717) is 0 Å². The van der Waals surface area contributed by atoms with E-state index in [2.05, 4.69) is 170 Å². The minimum atomic E-state index is 0.891. The van der Waals surface area contributed by atoms with Gasteiger partial charge in [-0.05, 0) is 119 Å². The van der Waals surface area contributed by atoms with Crippen molar-refractivity contribution in [3.63, 3.8) is 0 Å². The molecular formula is C54H32O2. The van der Waals surface area contributed by atoms with Crippen molar-refractivity contribution in [2.24, 2.45) is 0 Å². The lowest BCUT2D eigenvalue weighted by Gasteiger charge is -2.21. The van der Waals surface area contributed by atoms with Crippen molar-refractivity contribution in [3.05, 3.63) is 194 Å². The SMILES string of the molecule is c1ccc(-c2ccc3ccccc3c2-c2c3cccc(-c4ccc5c(c4)oc4ccccc45)c3cc3c(-c4ccc5c(c4)oc4ccccc45)cccc23)cc1. The first kappa shape index (κ1) is 31.0. The summed E-state index contributed by atoms with van der Waals surface area (Å²) < 4.78 is 12.9. The Morgan fingerprint density at radius 1 is 0.232 bits per heavy atom. The van der Waals surface area contributed by atoms with Crippen LogP contribution >= 0.6 is 0 Å². The van der Waals surface area contributed by atoms with Crippen LogP contribution in [0, 0.1) is 0 Å².